The van der Waals surface area contributed by atoms with E-state index in [0.29, 0.717) is 11.6 Å². The largest absolute Gasteiger partial charge is 0.445 e. The number of nitrogens with zero attached hydrogens (tertiary/aromatic N) is 1. The second-order valence-electron chi connectivity index (χ2n) is 6.26. The Bertz CT molecular complexity index is 795. The number of benzene rings is 2. The molecule has 1 N–H and O–H groups in total. The van der Waals surface area contributed by atoms with Crippen LogP contribution in [0.5, 0.6) is 0 Å². The molecule has 2 aromatic rings. The van der Waals surface area contributed by atoms with Crippen LogP contribution in [-0.4, -0.2) is 34.6 Å². The molecule has 0 radical (unpaired) electrons. The number of aryl methyl sites for hydroxylation is 1. The topological polar surface area (TPSA) is 58.6 Å². The zero-order chi connectivity index (χ0) is 18.5. The summed E-state index contributed by atoms with van der Waals surface area (Å²) in [6.07, 6.45) is -0.458. The molecule has 2 aromatic carbocycles. The maximum Gasteiger partial charge on any atom is 0.411 e. The fourth-order valence-corrected chi connectivity index (χ4v) is 3.89. The summed E-state index contributed by atoms with van der Waals surface area (Å²) in [7, 11) is 0. The molecule has 0 aromatic heterocycles. The summed E-state index contributed by atoms with van der Waals surface area (Å²) in [4.78, 5) is 26.6. The van der Waals surface area contributed by atoms with E-state index < -0.39 is 12.1 Å². The van der Waals surface area contributed by atoms with Crippen LogP contribution in [0.2, 0.25) is 0 Å². The third-order valence-electron chi connectivity index (χ3n) is 4.49. The van der Waals surface area contributed by atoms with E-state index in [4.69, 9.17) is 4.74 Å². The minimum Gasteiger partial charge on any atom is -0.445 e. The van der Waals surface area contributed by atoms with Crippen LogP contribution in [0.3, 0.4) is 0 Å². The lowest BCUT2D eigenvalue weighted by Gasteiger charge is -2.23. The molecule has 26 heavy (non-hydrogen) atoms. The van der Waals surface area contributed by atoms with Gasteiger partial charge < -0.3 is 10.1 Å². The number of hydrogen-bond donors (Lipinski definition) is 1. The minimum absolute atomic E-state index is 0.180. The highest BCUT2D eigenvalue weighted by atomic mass is 32.2. The van der Waals surface area contributed by atoms with E-state index in [0.717, 1.165) is 22.4 Å². The Morgan fingerprint density at radius 1 is 1.15 bits per heavy atom. The molecule has 0 saturated carbocycles. The molecule has 3 rings (SSSR count). The van der Waals surface area contributed by atoms with E-state index in [9.17, 15) is 9.59 Å². The summed E-state index contributed by atoms with van der Waals surface area (Å²) in [5, 5.41) is 2.95. The average Bonchev–Trinajstić information content (AvgIpc) is 3.14. The highest BCUT2D eigenvalue weighted by molar-refractivity contribution is 7.99. The van der Waals surface area contributed by atoms with E-state index in [1.807, 2.05) is 62.4 Å². The summed E-state index contributed by atoms with van der Waals surface area (Å²) in [6.45, 7) is 4.18. The summed E-state index contributed by atoms with van der Waals surface area (Å²) in [5.74, 6) is 0.843. The third kappa shape index (κ3) is 4.19. The van der Waals surface area contributed by atoms with Gasteiger partial charge in [-0.2, -0.15) is 0 Å². The second-order valence-corrected chi connectivity index (χ2v) is 7.26. The molecular weight excluding hydrogens is 348 g/mol. The number of carbonyl (C=O) groups is 2. The van der Waals surface area contributed by atoms with Gasteiger partial charge in [0.25, 0.3) is 0 Å². The first-order valence-electron chi connectivity index (χ1n) is 8.48. The SMILES string of the molecule is Cc1cccc(NC(=O)[C@@H]2CSCN2C(=O)OCc2ccccc2)c1C. The third-order valence-corrected chi connectivity index (χ3v) is 5.50. The number of ether oxygens (including phenoxy) is 1. The van der Waals surface area contributed by atoms with Gasteiger partial charge in [-0.05, 0) is 36.6 Å². The lowest BCUT2D eigenvalue weighted by atomic mass is 10.1. The molecule has 1 atom stereocenters. The van der Waals surface area contributed by atoms with Crippen LogP contribution in [-0.2, 0) is 16.1 Å². The van der Waals surface area contributed by atoms with Crippen molar-refractivity contribution in [3.8, 4) is 0 Å². The monoisotopic (exact) mass is 370 g/mol. The Hall–Kier alpha value is -2.47. The molecule has 6 heteroatoms. The number of carbonyl (C=O) groups excluding carboxylic acids is 2. The minimum atomic E-state index is -0.525. The fraction of sp³-hybridized carbons (Fsp3) is 0.300. The van der Waals surface area contributed by atoms with Gasteiger partial charge in [-0.25, -0.2) is 4.79 Å². The first-order chi connectivity index (χ1) is 12.6. The number of thioether (sulfide) groups is 1. The van der Waals surface area contributed by atoms with Crippen molar-refractivity contribution < 1.29 is 14.3 Å². The first kappa shape index (κ1) is 18.3. The lowest BCUT2D eigenvalue weighted by Crippen LogP contribution is -2.44. The highest BCUT2D eigenvalue weighted by Crippen LogP contribution is 2.25. The van der Waals surface area contributed by atoms with Gasteiger partial charge in [-0.1, -0.05) is 42.5 Å². The molecule has 1 fully saturated rings. The van der Waals surface area contributed by atoms with E-state index in [-0.39, 0.29) is 12.5 Å². The second kappa shape index (κ2) is 8.27. The summed E-state index contributed by atoms with van der Waals surface area (Å²) < 4.78 is 5.38. The number of nitrogens with one attached hydrogen (secondary N) is 1. The van der Waals surface area contributed by atoms with Crippen molar-refractivity contribution in [2.45, 2.75) is 26.5 Å². The molecule has 0 spiro atoms. The number of anilines is 1. The van der Waals surface area contributed by atoms with Crippen molar-refractivity contribution in [2.24, 2.45) is 0 Å². The quantitative estimate of drug-likeness (QED) is 0.885. The van der Waals surface area contributed by atoms with Gasteiger partial charge in [0.2, 0.25) is 5.91 Å². The Morgan fingerprint density at radius 3 is 2.69 bits per heavy atom. The Labute approximate surface area is 157 Å². The lowest BCUT2D eigenvalue weighted by molar-refractivity contribution is -0.119. The highest BCUT2D eigenvalue weighted by Gasteiger charge is 2.35. The molecule has 136 valence electrons. The van der Waals surface area contributed by atoms with Crippen molar-refractivity contribution in [1.82, 2.24) is 4.90 Å². The molecule has 0 unspecified atom stereocenters. The molecule has 1 heterocycles. The molecule has 1 aliphatic rings. The van der Waals surface area contributed by atoms with Crippen molar-refractivity contribution in [2.75, 3.05) is 16.9 Å². The van der Waals surface area contributed by atoms with Crippen LogP contribution in [0.4, 0.5) is 10.5 Å². The van der Waals surface area contributed by atoms with E-state index in [1.165, 1.54) is 4.90 Å². The van der Waals surface area contributed by atoms with E-state index in [2.05, 4.69) is 5.32 Å². The average molecular weight is 370 g/mol. The zero-order valence-electron chi connectivity index (χ0n) is 14.9. The molecule has 2 amide bonds. The van der Waals surface area contributed by atoms with Gasteiger partial charge >= 0.3 is 6.09 Å². The van der Waals surface area contributed by atoms with Crippen molar-refractivity contribution in [1.29, 1.82) is 0 Å². The van der Waals surface area contributed by atoms with Crippen molar-refractivity contribution >= 4 is 29.4 Å². The molecule has 5 nitrogen and oxygen atoms in total. The maximum absolute atomic E-state index is 12.7. The summed E-state index contributed by atoms with van der Waals surface area (Å²) in [5.41, 5.74) is 3.85. The van der Waals surface area contributed by atoms with Gasteiger partial charge in [0.1, 0.15) is 12.6 Å². The predicted molar refractivity (Wildman–Crippen MR) is 104 cm³/mol. The van der Waals surface area contributed by atoms with Gasteiger partial charge in [-0.3, -0.25) is 9.69 Å². The van der Waals surface area contributed by atoms with E-state index >= 15 is 0 Å². The number of amides is 2. The van der Waals surface area contributed by atoms with Crippen LogP contribution in [0, 0.1) is 13.8 Å². The van der Waals surface area contributed by atoms with Gasteiger partial charge in [0, 0.05) is 11.4 Å². The Balaban J connectivity index is 1.62. The van der Waals surface area contributed by atoms with E-state index in [1.54, 1.807) is 11.8 Å². The summed E-state index contributed by atoms with van der Waals surface area (Å²) >= 11 is 1.55. The maximum atomic E-state index is 12.7. The van der Waals surface area contributed by atoms with Gasteiger partial charge in [0.05, 0.1) is 5.88 Å². The van der Waals surface area contributed by atoms with Crippen LogP contribution in [0.1, 0.15) is 16.7 Å². The molecular formula is C20H22N2O3S. The van der Waals surface area contributed by atoms with Crippen LogP contribution < -0.4 is 5.32 Å². The Kier molecular flexibility index (Phi) is 5.83. The van der Waals surface area contributed by atoms with Gasteiger partial charge in [-0.15, -0.1) is 11.8 Å². The number of rotatable bonds is 4. The molecule has 0 aliphatic carbocycles. The predicted octanol–water partition coefficient (Wildman–Crippen LogP) is 3.95. The van der Waals surface area contributed by atoms with Crippen LogP contribution in [0.25, 0.3) is 0 Å². The van der Waals surface area contributed by atoms with Crippen molar-refractivity contribution in [3.63, 3.8) is 0 Å². The zero-order valence-corrected chi connectivity index (χ0v) is 15.7. The van der Waals surface area contributed by atoms with Crippen LogP contribution >= 0.6 is 11.8 Å². The van der Waals surface area contributed by atoms with Crippen molar-refractivity contribution in [3.05, 3.63) is 65.2 Å². The molecule has 0 bridgehead atoms. The first-order valence-corrected chi connectivity index (χ1v) is 9.64. The van der Waals surface area contributed by atoms with Gasteiger partial charge in [0.15, 0.2) is 0 Å². The normalized spacial score (nSPS) is 16.4. The number of hydrogen-bond acceptors (Lipinski definition) is 4. The van der Waals surface area contributed by atoms with Crippen LogP contribution in [0.15, 0.2) is 48.5 Å². The molecule has 1 aliphatic heterocycles. The molecule has 1 saturated heterocycles. The smallest absolute Gasteiger partial charge is 0.411 e. The Morgan fingerprint density at radius 2 is 1.92 bits per heavy atom. The standard InChI is InChI=1S/C20H22N2O3S/c1-14-7-6-10-17(15(14)2)21-19(23)18-12-26-13-22(18)20(24)25-11-16-8-4-3-5-9-16/h3-10,18H,11-13H2,1-2H3,(H,21,23)/t18-/m0/s1. The fourth-order valence-electron chi connectivity index (χ4n) is 2.74. The summed E-state index contributed by atoms with van der Waals surface area (Å²) in [6, 6.07) is 14.8.